The number of esters is 1. The normalized spacial score (nSPS) is 14.3. The summed E-state index contributed by atoms with van der Waals surface area (Å²) in [5.41, 5.74) is -1.39. The standard InChI is InChI=1S/C15H28N2O6/c1-9(16-12(19)22-14(2,3)4)10(11(18)21-8)17-13(20)23-15(5,6)7/h9-10H,1-8H3,(H,16,19)(H,17,20). The SMILES string of the molecule is COC(=O)C(NC(=O)OC(C)(C)C)C(C)NC(=O)OC(C)(C)C. The molecule has 8 nitrogen and oxygen atoms in total. The fourth-order valence-electron chi connectivity index (χ4n) is 1.53. The van der Waals surface area contributed by atoms with E-state index in [0.29, 0.717) is 0 Å². The molecule has 23 heavy (non-hydrogen) atoms. The van der Waals surface area contributed by atoms with Crippen LogP contribution in [0.1, 0.15) is 48.5 Å². The zero-order valence-corrected chi connectivity index (χ0v) is 15.1. The monoisotopic (exact) mass is 332 g/mol. The number of hydrogen-bond acceptors (Lipinski definition) is 6. The van der Waals surface area contributed by atoms with Gasteiger partial charge in [-0.3, -0.25) is 0 Å². The molecule has 0 aliphatic rings. The molecule has 0 aromatic carbocycles. The number of alkyl carbamates (subject to hydrolysis) is 2. The molecule has 0 aliphatic carbocycles. The molecule has 0 fully saturated rings. The second-order valence-corrected chi connectivity index (χ2v) is 7.08. The lowest BCUT2D eigenvalue weighted by Crippen LogP contribution is -2.55. The van der Waals surface area contributed by atoms with Crippen LogP contribution in [0.3, 0.4) is 0 Å². The Hall–Kier alpha value is -1.99. The number of rotatable bonds is 4. The number of methoxy groups -OCH3 is 1. The van der Waals surface area contributed by atoms with Gasteiger partial charge in [0.25, 0.3) is 0 Å². The maximum Gasteiger partial charge on any atom is 0.408 e. The number of ether oxygens (including phenoxy) is 3. The van der Waals surface area contributed by atoms with Gasteiger partial charge in [0.05, 0.1) is 13.2 Å². The van der Waals surface area contributed by atoms with Crippen molar-refractivity contribution in [1.29, 1.82) is 0 Å². The van der Waals surface area contributed by atoms with Crippen LogP contribution in [0, 0.1) is 0 Å². The summed E-state index contributed by atoms with van der Waals surface area (Å²) < 4.78 is 14.9. The summed E-state index contributed by atoms with van der Waals surface area (Å²) in [7, 11) is 1.19. The van der Waals surface area contributed by atoms with E-state index in [2.05, 4.69) is 15.4 Å². The van der Waals surface area contributed by atoms with Crippen molar-refractivity contribution in [2.75, 3.05) is 7.11 Å². The molecule has 2 unspecified atom stereocenters. The highest BCUT2D eigenvalue weighted by Crippen LogP contribution is 2.09. The summed E-state index contributed by atoms with van der Waals surface area (Å²) in [4.78, 5) is 35.4. The summed E-state index contributed by atoms with van der Waals surface area (Å²) in [6, 6.07) is -1.87. The first-order chi connectivity index (χ1) is 10.2. The minimum absolute atomic E-state index is 0.677. The molecule has 8 heteroatoms. The second kappa shape index (κ2) is 8.03. The molecule has 134 valence electrons. The smallest absolute Gasteiger partial charge is 0.408 e. The van der Waals surface area contributed by atoms with E-state index in [4.69, 9.17) is 9.47 Å². The van der Waals surface area contributed by atoms with Crippen LogP contribution >= 0.6 is 0 Å². The Labute approximate surface area is 137 Å². The number of amides is 2. The number of nitrogens with one attached hydrogen (secondary N) is 2. The molecule has 0 spiro atoms. The molecule has 2 N–H and O–H groups in total. The van der Waals surface area contributed by atoms with Crippen LogP contribution in [0.15, 0.2) is 0 Å². The van der Waals surface area contributed by atoms with E-state index in [1.54, 1.807) is 48.5 Å². The van der Waals surface area contributed by atoms with E-state index in [9.17, 15) is 14.4 Å². The Balaban J connectivity index is 4.87. The third-order valence-electron chi connectivity index (χ3n) is 2.37. The summed E-state index contributed by atoms with van der Waals surface area (Å²) in [6.07, 6.45) is -1.49. The fourth-order valence-corrected chi connectivity index (χ4v) is 1.53. The van der Waals surface area contributed by atoms with E-state index in [1.807, 2.05) is 0 Å². The molecule has 2 atom stereocenters. The average molecular weight is 332 g/mol. The lowest BCUT2D eigenvalue weighted by atomic mass is 10.1. The van der Waals surface area contributed by atoms with Crippen LogP contribution in [-0.4, -0.2) is 48.6 Å². The molecule has 0 heterocycles. The Morgan fingerprint density at radius 3 is 1.57 bits per heavy atom. The molecule has 0 aromatic rings. The molecule has 0 aromatic heterocycles. The van der Waals surface area contributed by atoms with Crippen molar-refractivity contribution in [3.63, 3.8) is 0 Å². The van der Waals surface area contributed by atoms with E-state index in [0.717, 1.165) is 0 Å². The summed E-state index contributed by atoms with van der Waals surface area (Å²) in [5, 5.41) is 4.87. The summed E-state index contributed by atoms with van der Waals surface area (Å²) in [5.74, 6) is -0.709. The highest BCUT2D eigenvalue weighted by Gasteiger charge is 2.31. The van der Waals surface area contributed by atoms with Crippen LogP contribution < -0.4 is 10.6 Å². The second-order valence-electron chi connectivity index (χ2n) is 7.08. The zero-order valence-electron chi connectivity index (χ0n) is 15.1. The number of carbonyl (C=O) groups is 3. The fraction of sp³-hybridized carbons (Fsp3) is 0.800. The number of hydrogen-bond donors (Lipinski definition) is 2. The Kier molecular flexibility index (Phi) is 7.33. The predicted molar refractivity (Wildman–Crippen MR) is 84.0 cm³/mol. The highest BCUT2D eigenvalue weighted by molar-refractivity contribution is 5.83. The van der Waals surface area contributed by atoms with Crippen LogP contribution in [0.2, 0.25) is 0 Å². The van der Waals surface area contributed by atoms with Gasteiger partial charge in [0.15, 0.2) is 0 Å². The molecule has 2 amide bonds. The number of carbonyl (C=O) groups excluding carboxylic acids is 3. The molecule has 0 rings (SSSR count). The van der Waals surface area contributed by atoms with Gasteiger partial charge in [-0.1, -0.05) is 0 Å². The molecule has 0 bridgehead atoms. The van der Waals surface area contributed by atoms with Crippen molar-refractivity contribution in [3.8, 4) is 0 Å². The topological polar surface area (TPSA) is 103 Å². The first-order valence-corrected chi connectivity index (χ1v) is 7.32. The van der Waals surface area contributed by atoms with Crippen LogP contribution in [0.25, 0.3) is 0 Å². The van der Waals surface area contributed by atoms with Gasteiger partial charge >= 0.3 is 18.2 Å². The van der Waals surface area contributed by atoms with Gasteiger partial charge in [-0.25, -0.2) is 14.4 Å². The minimum Gasteiger partial charge on any atom is -0.467 e. The molecular weight excluding hydrogens is 304 g/mol. The molecule has 0 aliphatic heterocycles. The van der Waals surface area contributed by atoms with Gasteiger partial charge in [-0.2, -0.15) is 0 Å². The first kappa shape index (κ1) is 21.0. The van der Waals surface area contributed by atoms with E-state index in [1.165, 1.54) is 7.11 Å². The first-order valence-electron chi connectivity index (χ1n) is 7.32. The van der Waals surface area contributed by atoms with Crippen molar-refractivity contribution in [2.45, 2.75) is 71.8 Å². The van der Waals surface area contributed by atoms with Crippen molar-refractivity contribution in [3.05, 3.63) is 0 Å². The Bertz CT molecular complexity index is 436. The summed E-state index contributed by atoms with van der Waals surface area (Å²) in [6.45, 7) is 11.8. The maximum absolute atomic E-state index is 11.8. The zero-order chi connectivity index (χ0) is 18.4. The van der Waals surface area contributed by atoms with E-state index in [-0.39, 0.29) is 0 Å². The molecule has 0 radical (unpaired) electrons. The lowest BCUT2D eigenvalue weighted by molar-refractivity contribution is -0.143. The van der Waals surface area contributed by atoms with Crippen LogP contribution in [0.5, 0.6) is 0 Å². The van der Waals surface area contributed by atoms with Gasteiger partial charge < -0.3 is 24.8 Å². The van der Waals surface area contributed by atoms with Gasteiger partial charge in [0, 0.05) is 0 Å². The average Bonchev–Trinajstić information content (AvgIpc) is 2.30. The van der Waals surface area contributed by atoms with Gasteiger partial charge in [0.2, 0.25) is 0 Å². The third kappa shape index (κ3) is 9.59. The summed E-state index contributed by atoms with van der Waals surface area (Å²) >= 11 is 0. The van der Waals surface area contributed by atoms with Crippen LogP contribution in [0.4, 0.5) is 9.59 Å². The van der Waals surface area contributed by atoms with E-state index < -0.39 is 41.4 Å². The van der Waals surface area contributed by atoms with E-state index >= 15 is 0 Å². The van der Waals surface area contributed by atoms with Crippen LogP contribution in [-0.2, 0) is 19.0 Å². The predicted octanol–water partition coefficient (Wildman–Crippen LogP) is 1.97. The lowest BCUT2D eigenvalue weighted by Gasteiger charge is -2.27. The van der Waals surface area contributed by atoms with Gasteiger partial charge in [0.1, 0.15) is 17.2 Å². The third-order valence-corrected chi connectivity index (χ3v) is 2.37. The van der Waals surface area contributed by atoms with Gasteiger partial charge in [-0.15, -0.1) is 0 Å². The minimum atomic E-state index is -1.11. The highest BCUT2D eigenvalue weighted by atomic mass is 16.6. The maximum atomic E-state index is 11.8. The van der Waals surface area contributed by atoms with Crippen molar-refractivity contribution in [2.24, 2.45) is 0 Å². The van der Waals surface area contributed by atoms with Crippen molar-refractivity contribution >= 4 is 18.2 Å². The van der Waals surface area contributed by atoms with Gasteiger partial charge in [-0.05, 0) is 48.5 Å². The quantitative estimate of drug-likeness (QED) is 0.602. The Morgan fingerprint density at radius 2 is 1.22 bits per heavy atom. The molecule has 0 saturated heterocycles. The molecular formula is C15H28N2O6. The molecule has 0 saturated carbocycles. The van der Waals surface area contributed by atoms with Crippen molar-refractivity contribution < 1.29 is 28.6 Å². The Morgan fingerprint density at radius 1 is 0.826 bits per heavy atom. The largest absolute Gasteiger partial charge is 0.467 e. The van der Waals surface area contributed by atoms with Crippen molar-refractivity contribution in [1.82, 2.24) is 10.6 Å².